The minimum Gasteiger partial charge on any atom is -0.147 e. The van der Waals surface area contributed by atoms with E-state index in [4.69, 9.17) is 0 Å². The predicted octanol–water partition coefficient (Wildman–Crippen LogP) is 13.2. The summed E-state index contributed by atoms with van der Waals surface area (Å²) in [5.41, 5.74) is 15.0. The molecular weight excluding hydrogens is 766 g/mol. The van der Waals surface area contributed by atoms with Gasteiger partial charge in [0.2, 0.25) is 0 Å². The summed E-state index contributed by atoms with van der Waals surface area (Å²) in [4.78, 5) is 0. The van der Waals surface area contributed by atoms with E-state index in [0.29, 0.717) is 7.35 Å². The summed E-state index contributed by atoms with van der Waals surface area (Å²) < 4.78 is 4.30. The fraction of sp³-hybridized carbons (Fsp3) is 0.163. The van der Waals surface area contributed by atoms with Gasteiger partial charge in [-0.3, -0.25) is 0 Å². The van der Waals surface area contributed by atoms with Gasteiger partial charge in [-0.2, -0.15) is 0 Å². The largest absolute Gasteiger partial charge is 0.147 e. The van der Waals surface area contributed by atoms with Gasteiger partial charge in [0.1, 0.15) is 0 Å². The van der Waals surface area contributed by atoms with Crippen molar-refractivity contribution in [2.24, 2.45) is 0 Å². The molecule has 0 saturated carbocycles. The van der Waals surface area contributed by atoms with E-state index in [0.717, 1.165) is 0 Å². The van der Waals surface area contributed by atoms with Crippen molar-refractivity contribution in [1.29, 1.82) is 0 Å². The van der Waals surface area contributed by atoms with Gasteiger partial charge in [-0.15, -0.1) is 24.8 Å². The van der Waals surface area contributed by atoms with Crippen LogP contribution in [0.1, 0.15) is 49.9 Å². The summed E-state index contributed by atoms with van der Waals surface area (Å²) in [6, 6.07) is 45.7. The first-order chi connectivity index (χ1) is 21.6. The van der Waals surface area contributed by atoms with Crippen molar-refractivity contribution >= 4 is 58.5 Å². The molecule has 0 nitrogen and oxygen atoms in total. The van der Waals surface area contributed by atoms with Crippen molar-refractivity contribution in [2.45, 2.75) is 36.0 Å². The van der Waals surface area contributed by atoms with Gasteiger partial charge in [-0.25, -0.2) is 0 Å². The monoisotopic (exact) mass is 804 g/mol. The Kier molecular flexibility index (Phi) is 8.25. The smallest absolute Gasteiger partial charge is 0.147 e. The van der Waals surface area contributed by atoms with E-state index in [-0.39, 0.29) is 24.8 Å². The van der Waals surface area contributed by atoms with Crippen LogP contribution in [0.2, 0.25) is 8.35 Å². The van der Waals surface area contributed by atoms with Crippen LogP contribution in [0.25, 0.3) is 56.0 Å². The molecule has 1 aliphatic heterocycles. The number of fused-ring (bicyclic) bond motifs is 4. The first kappa shape index (κ1) is 31.4. The average Bonchev–Trinajstić information content (AvgIpc) is 3.56. The van der Waals surface area contributed by atoms with Gasteiger partial charge in [0.05, 0.1) is 0 Å². The molecule has 0 radical (unpaired) electrons. The summed E-state index contributed by atoms with van der Waals surface area (Å²) in [5, 5.41) is 5.34. The minimum atomic E-state index is -3.00. The van der Waals surface area contributed by atoms with E-state index >= 15 is 0 Å². The molecule has 9 rings (SSSR count). The molecular formula is C43H38Cl2Hf. The Balaban J connectivity index is 0.00000169. The van der Waals surface area contributed by atoms with Crippen LogP contribution in [-0.4, -0.2) is 0 Å². The third-order valence-electron chi connectivity index (χ3n) is 11.2. The molecule has 2 atom stereocenters. The number of hydrogen-bond donors (Lipinski definition) is 0. The first-order valence-corrected chi connectivity index (χ1v) is 25.5. The van der Waals surface area contributed by atoms with Crippen LogP contribution < -0.4 is 0 Å². The van der Waals surface area contributed by atoms with Crippen molar-refractivity contribution < 1.29 is 20.0 Å². The van der Waals surface area contributed by atoms with Gasteiger partial charge >= 0.3 is 267 Å². The number of benzene rings is 6. The molecule has 1 heterocycles. The molecule has 1 fully saturated rings. The van der Waals surface area contributed by atoms with E-state index in [9.17, 15) is 0 Å². The molecule has 2 aliphatic carbocycles. The van der Waals surface area contributed by atoms with Crippen LogP contribution in [0.5, 0.6) is 0 Å². The minimum absolute atomic E-state index is 0. The number of allylic oxidation sites excluding steroid dienone is 2. The maximum atomic E-state index is 2.58. The van der Waals surface area contributed by atoms with Crippen molar-refractivity contribution in [3.05, 3.63) is 155 Å². The Morgan fingerprint density at radius 1 is 0.457 bits per heavy atom. The molecule has 0 aromatic heterocycles. The second kappa shape index (κ2) is 12.1. The van der Waals surface area contributed by atoms with Gasteiger partial charge in [0, 0.05) is 0 Å². The van der Waals surface area contributed by atoms with Gasteiger partial charge in [-0.05, 0) is 0 Å². The van der Waals surface area contributed by atoms with Crippen LogP contribution in [-0.2, 0) is 20.0 Å². The van der Waals surface area contributed by atoms with Crippen LogP contribution in [0.3, 0.4) is 0 Å². The van der Waals surface area contributed by atoms with Crippen LogP contribution >= 0.6 is 24.8 Å². The summed E-state index contributed by atoms with van der Waals surface area (Å²) in [7, 11) is 0. The normalized spacial score (nSPS) is 18.9. The van der Waals surface area contributed by atoms with Gasteiger partial charge < -0.3 is 0 Å². The Morgan fingerprint density at radius 3 is 1.28 bits per heavy atom. The maximum Gasteiger partial charge on any atom is -0.147 e. The summed E-state index contributed by atoms with van der Waals surface area (Å²) in [5.74, 6) is 0. The van der Waals surface area contributed by atoms with Gasteiger partial charge in [0.25, 0.3) is 0 Å². The van der Waals surface area contributed by atoms with E-state index < -0.39 is 20.0 Å². The van der Waals surface area contributed by atoms with E-state index in [1.807, 2.05) is 0 Å². The molecule has 3 heteroatoms. The summed E-state index contributed by atoms with van der Waals surface area (Å²) >= 11 is -3.00. The fourth-order valence-corrected chi connectivity index (χ4v) is 32.3. The van der Waals surface area contributed by atoms with Gasteiger partial charge in [-0.1, -0.05) is 0 Å². The Labute approximate surface area is 289 Å². The SMILES string of the molecule is CC1=Cc2c(-c3cccc4ccccc34)cccc2[CH]1[Hf]1([CH]2C(C)=Cc3c(-c4cccc5ccccc45)cccc32)[CH2]C[CH2]1.Cl.Cl. The van der Waals surface area contributed by atoms with Gasteiger partial charge in [0.15, 0.2) is 0 Å². The zero-order chi connectivity index (χ0) is 29.4. The average molecular weight is 804 g/mol. The van der Waals surface area contributed by atoms with Crippen molar-refractivity contribution in [3.8, 4) is 22.3 Å². The molecule has 0 bridgehead atoms. The number of halogens is 2. The Hall–Kier alpha value is -3.23. The first-order valence-electron chi connectivity index (χ1n) is 16.2. The molecule has 3 aliphatic rings. The molecule has 0 amide bonds. The summed E-state index contributed by atoms with van der Waals surface area (Å²) in [6.07, 6.45) is 6.57. The molecule has 6 aromatic carbocycles. The molecule has 228 valence electrons. The Bertz CT molecular complexity index is 2040. The third kappa shape index (κ3) is 4.57. The summed E-state index contributed by atoms with van der Waals surface area (Å²) in [6.45, 7) is 4.91. The van der Waals surface area contributed by atoms with Crippen molar-refractivity contribution in [1.82, 2.24) is 0 Å². The topological polar surface area (TPSA) is 0 Å². The van der Waals surface area contributed by atoms with Crippen LogP contribution in [0.15, 0.2) is 132 Å². The second-order valence-corrected chi connectivity index (χ2v) is 30.0. The third-order valence-corrected chi connectivity index (χ3v) is 34.1. The Morgan fingerprint density at radius 2 is 0.848 bits per heavy atom. The molecule has 46 heavy (non-hydrogen) atoms. The van der Waals surface area contributed by atoms with Crippen molar-refractivity contribution in [3.63, 3.8) is 0 Å². The molecule has 0 N–H and O–H groups in total. The fourth-order valence-electron chi connectivity index (χ4n) is 9.35. The molecule has 6 aromatic rings. The predicted molar refractivity (Wildman–Crippen MR) is 200 cm³/mol. The van der Waals surface area contributed by atoms with E-state index in [1.165, 1.54) is 69.7 Å². The molecule has 0 spiro atoms. The number of hydrogen-bond acceptors (Lipinski definition) is 0. The second-order valence-electron chi connectivity index (χ2n) is 13.4. The maximum absolute atomic E-state index is 3.00. The zero-order valence-corrected chi connectivity index (χ0v) is 31.5. The molecule has 2 unspecified atom stereocenters. The van der Waals surface area contributed by atoms with E-state index in [1.54, 1.807) is 22.3 Å². The number of rotatable bonds is 4. The van der Waals surface area contributed by atoms with E-state index in [2.05, 4.69) is 147 Å². The quantitative estimate of drug-likeness (QED) is 0.156. The standard InChI is InChI=1S/2C20H15.C3H6.2ClH.Hf/c2*1-14-12-16-8-5-11-19(20(16)13-14)18-10-4-7-15-6-2-3-9-17(15)18;1-3-2;;;/h2*2-13H,1H3;1-3H2;2*1H;. The zero-order valence-electron chi connectivity index (χ0n) is 26.3. The molecule has 1 saturated heterocycles. The van der Waals surface area contributed by atoms with Crippen molar-refractivity contribution in [2.75, 3.05) is 0 Å². The van der Waals surface area contributed by atoms with Crippen LogP contribution in [0, 0.1) is 0 Å². The van der Waals surface area contributed by atoms with Crippen LogP contribution in [0.4, 0.5) is 0 Å².